The molecule has 0 aliphatic carbocycles. The Bertz CT molecular complexity index is 1520. The Kier molecular flexibility index (Phi) is 9.73. The number of carbonyl (C=O) groups is 4. The number of nitrogens with zero attached hydrogens (tertiary/aromatic N) is 5. The topological polar surface area (TPSA) is 180 Å². The zero-order chi connectivity index (χ0) is 32.0. The molecule has 2 aliphatic rings. The Morgan fingerprint density at radius 1 is 1.16 bits per heavy atom. The van der Waals surface area contributed by atoms with E-state index < -0.39 is 46.7 Å². The molecule has 2 aromatic rings. The van der Waals surface area contributed by atoms with Crippen molar-refractivity contribution in [2.75, 3.05) is 31.6 Å². The maximum absolute atomic E-state index is 14.8. The summed E-state index contributed by atoms with van der Waals surface area (Å²) < 4.78 is 9.79. The Labute approximate surface area is 253 Å². The van der Waals surface area contributed by atoms with Crippen molar-refractivity contribution < 1.29 is 43.5 Å². The van der Waals surface area contributed by atoms with Gasteiger partial charge in [0.15, 0.2) is 6.04 Å². The molecule has 14 heteroatoms. The van der Waals surface area contributed by atoms with Gasteiger partial charge in [0.1, 0.15) is 36.9 Å². The van der Waals surface area contributed by atoms with E-state index in [2.05, 4.69) is 20.5 Å². The first-order chi connectivity index (χ1) is 21.0. The number of aliphatic carboxylic acids is 2. The van der Waals surface area contributed by atoms with Crippen LogP contribution in [-0.4, -0.2) is 87.2 Å². The summed E-state index contributed by atoms with van der Waals surface area (Å²) >= 11 is 0. The predicted molar refractivity (Wildman–Crippen MR) is 156 cm³/mol. The number of aromatic nitrogens is 1. The van der Waals surface area contributed by atoms with Gasteiger partial charge in [0.25, 0.3) is 0 Å². The van der Waals surface area contributed by atoms with Crippen LogP contribution in [0.5, 0.6) is 0 Å². The fourth-order valence-corrected chi connectivity index (χ4v) is 5.12. The number of ether oxygens (including phenoxy) is 2. The average Bonchev–Trinajstić information content (AvgIpc) is 2.99. The molecule has 0 saturated carbocycles. The normalized spacial score (nSPS) is 21.6. The number of azo groups is 1. The fraction of sp³-hybridized carbons (Fsp3) is 0.367. The van der Waals surface area contributed by atoms with Gasteiger partial charge in [-0.1, -0.05) is 30.3 Å². The molecule has 3 heterocycles. The van der Waals surface area contributed by atoms with Gasteiger partial charge in [0.2, 0.25) is 5.82 Å². The SMILES string of the molecule is CC[N+]1(CCOC(=O)OC(C)C)C(=O)C(Nc2cnccc2C)C(C(=O)O)=C(c2ccccc2)N1C1=CC(C(=O)O)CN=N1. The lowest BCUT2D eigenvalue weighted by Gasteiger charge is -2.49. The van der Waals surface area contributed by atoms with Crippen LogP contribution < -0.4 is 5.32 Å². The van der Waals surface area contributed by atoms with E-state index in [1.165, 1.54) is 17.3 Å². The minimum atomic E-state index is -1.40. The average molecular weight is 608 g/mol. The van der Waals surface area contributed by atoms with Crippen LogP contribution in [0.1, 0.15) is 31.9 Å². The standard InChI is InChI=1S/C30H34N6O8/c1-5-36(13-14-43-30(42)44-18(2)3)27(37)25(33-22-17-31-12-11-19(22)4)24(29(40)41)26(20-9-7-6-8-10-20)35(36)23-15-21(28(38)39)16-32-34-23/h6-12,15,17-18,21,25,33H,5,13-14,16H2,1-4H3,(H-,38,39,40,41)/p+1. The number of anilines is 1. The number of hydrogen-bond donors (Lipinski definition) is 3. The third kappa shape index (κ3) is 6.44. The van der Waals surface area contributed by atoms with Crippen molar-refractivity contribution in [3.8, 4) is 0 Å². The summed E-state index contributed by atoms with van der Waals surface area (Å²) in [7, 11) is 0. The van der Waals surface area contributed by atoms with E-state index in [4.69, 9.17) is 9.47 Å². The molecule has 1 aromatic carbocycles. The van der Waals surface area contributed by atoms with Gasteiger partial charge in [-0.3, -0.25) is 9.78 Å². The number of likely N-dealkylation sites (N-methyl/N-ethyl adjacent to an activating group) is 1. The van der Waals surface area contributed by atoms with Gasteiger partial charge in [-0.15, -0.1) is 9.71 Å². The third-order valence-electron chi connectivity index (χ3n) is 7.28. The van der Waals surface area contributed by atoms with E-state index >= 15 is 0 Å². The predicted octanol–water partition coefficient (Wildman–Crippen LogP) is 3.83. The molecule has 3 unspecified atom stereocenters. The second-order valence-electron chi connectivity index (χ2n) is 10.5. The number of rotatable bonds is 11. The van der Waals surface area contributed by atoms with Gasteiger partial charge in [0, 0.05) is 11.8 Å². The molecule has 232 valence electrons. The van der Waals surface area contributed by atoms with E-state index in [1.807, 2.05) is 0 Å². The number of quaternary nitrogens is 1. The zero-order valence-corrected chi connectivity index (χ0v) is 24.8. The van der Waals surface area contributed by atoms with Crippen LogP contribution in [0.25, 0.3) is 5.70 Å². The van der Waals surface area contributed by atoms with E-state index in [1.54, 1.807) is 70.3 Å². The van der Waals surface area contributed by atoms with Gasteiger partial charge < -0.3 is 25.0 Å². The highest BCUT2D eigenvalue weighted by Crippen LogP contribution is 2.42. The molecule has 3 atom stereocenters. The zero-order valence-electron chi connectivity index (χ0n) is 24.8. The molecule has 4 rings (SSSR count). The second kappa shape index (κ2) is 13.5. The van der Waals surface area contributed by atoms with Crippen molar-refractivity contribution in [1.82, 2.24) is 9.99 Å². The van der Waals surface area contributed by atoms with Crippen LogP contribution in [0.15, 0.2) is 76.5 Å². The highest BCUT2D eigenvalue weighted by atomic mass is 16.7. The molecule has 44 heavy (non-hydrogen) atoms. The van der Waals surface area contributed by atoms with Gasteiger partial charge in [-0.2, -0.15) is 10.1 Å². The lowest BCUT2D eigenvalue weighted by atomic mass is 9.94. The maximum Gasteiger partial charge on any atom is 0.508 e. The van der Waals surface area contributed by atoms with Crippen molar-refractivity contribution in [2.45, 2.75) is 39.8 Å². The number of amides is 1. The van der Waals surface area contributed by atoms with E-state index in [0.29, 0.717) is 11.3 Å². The molecule has 2 aliphatic heterocycles. The number of carboxylic acids is 2. The van der Waals surface area contributed by atoms with Gasteiger partial charge in [0.05, 0.1) is 24.5 Å². The molecule has 1 amide bonds. The molecule has 1 aromatic heterocycles. The molecule has 14 nitrogen and oxygen atoms in total. The Morgan fingerprint density at radius 2 is 1.89 bits per heavy atom. The summed E-state index contributed by atoms with van der Waals surface area (Å²) in [6.45, 7) is 6.29. The van der Waals surface area contributed by atoms with Gasteiger partial charge >= 0.3 is 24.0 Å². The number of benzene rings is 1. The lowest BCUT2D eigenvalue weighted by Crippen LogP contribution is -2.70. The van der Waals surface area contributed by atoms with E-state index in [9.17, 15) is 29.4 Å². The van der Waals surface area contributed by atoms with Crippen molar-refractivity contribution in [1.29, 1.82) is 0 Å². The number of carbonyl (C=O) groups excluding carboxylic acids is 2. The largest absolute Gasteiger partial charge is 0.508 e. The summed E-state index contributed by atoms with van der Waals surface area (Å²) in [4.78, 5) is 56.3. The van der Waals surface area contributed by atoms with Crippen molar-refractivity contribution in [2.24, 2.45) is 16.1 Å². The van der Waals surface area contributed by atoms with E-state index in [0.717, 1.165) is 5.56 Å². The molecule has 3 N–H and O–H groups in total. The van der Waals surface area contributed by atoms with Gasteiger partial charge in [-0.25, -0.2) is 14.4 Å². The minimum Gasteiger partial charge on any atom is -0.481 e. The smallest absolute Gasteiger partial charge is 0.481 e. The molecule has 0 saturated heterocycles. The molecular weight excluding hydrogens is 572 g/mol. The third-order valence-corrected chi connectivity index (χ3v) is 7.28. The van der Waals surface area contributed by atoms with Crippen LogP contribution in [0.3, 0.4) is 0 Å². The summed E-state index contributed by atoms with van der Waals surface area (Å²) in [5, 5.41) is 33.2. The minimum absolute atomic E-state index is 0.0304. The van der Waals surface area contributed by atoms with Crippen molar-refractivity contribution >= 4 is 35.4 Å². The van der Waals surface area contributed by atoms with Crippen LogP contribution in [0.2, 0.25) is 0 Å². The van der Waals surface area contributed by atoms with Crippen LogP contribution >= 0.6 is 0 Å². The molecule has 0 bridgehead atoms. The molecular formula is C30H35N6O8+. The van der Waals surface area contributed by atoms with Crippen LogP contribution in [-0.2, 0) is 23.9 Å². The monoisotopic (exact) mass is 607 g/mol. The first kappa shape index (κ1) is 31.8. The molecule has 0 radical (unpaired) electrons. The summed E-state index contributed by atoms with van der Waals surface area (Å²) in [5.74, 6) is -4.25. The maximum atomic E-state index is 14.8. The lowest BCUT2D eigenvalue weighted by molar-refractivity contribution is -0.951. The van der Waals surface area contributed by atoms with Crippen molar-refractivity contribution in [3.05, 3.63) is 77.4 Å². The Hall–Kier alpha value is -5.11. The van der Waals surface area contributed by atoms with Crippen molar-refractivity contribution in [3.63, 3.8) is 0 Å². The summed E-state index contributed by atoms with van der Waals surface area (Å²) in [5.41, 5.74) is 1.40. The fourth-order valence-electron chi connectivity index (χ4n) is 5.12. The summed E-state index contributed by atoms with van der Waals surface area (Å²) in [6.07, 6.45) is 3.05. The molecule has 0 spiro atoms. The number of aryl methyl sites for hydroxylation is 1. The first-order valence-corrected chi connectivity index (χ1v) is 14.1. The Morgan fingerprint density at radius 3 is 2.50 bits per heavy atom. The van der Waals surface area contributed by atoms with Crippen LogP contribution in [0.4, 0.5) is 10.5 Å². The molecule has 0 fully saturated rings. The van der Waals surface area contributed by atoms with Gasteiger partial charge in [-0.05, 0) is 45.4 Å². The summed E-state index contributed by atoms with van der Waals surface area (Å²) in [6, 6.07) is 8.88. The second-order valence-corrected chi connectivity index (χ2v) is 10.5. The van der Waals surface area contributed by atoms with Crippen LogP contribution in [0, 0.1) is 12.8 Å². The quantitative estimate of drug-likeness (QED) is 0.250. The number of hydrogen-bond acceptors (Lipinski definition) is 11. The highest BCUT2D eigenvalue weighted by Gasteiger charge is 2.57. The first-order valence-electron chi connectivity index (χ1n) is 14.1. The number of nitrogens with one attached hydrogen (secondary N) is 1. The number of carboxylic acid groups (broad SMARTS) is 2. The highest BCUT2D eigenvalue weighted by molar-refractivity contribution is 6.06. The number of pyridine rings is 1. The Balaban J connectivity index is 1.99. The van der Waals surface area contributed by atoms with E-state index in [-0.39, 0.29) is 43.3 Å².